The molecule has 1 aliphatic rings. The Morgan fingerprint density at radius 3 is 2.39 bits per heavy atom. The van der Waals surface area contributed by atoms with Crippen molar-refractivity contribution in [2.24, 2.45) is 0 Å². The minimum atomic E-state index is -0.167. The molecule has 0 aliphatic carbocycles. The molecule has 6 nitrogen and oxygen atoms in total. The molecule has 0 unspecified atom stereocenters. The van der Waals surface area contributed by atoms with Gasteiger partial charge in [0.15, 0.2) is 0 Å². The molecule has 2 aromatic rings. The van der Waals surface area contributed by atoms with Crippen LogP contribution in [0.1, 0.15) is 27.1 Å². The zero-order chi connectivity index (χ0) is 19.8. The first kappa shape index (κ1) is 19.9. The Bertz CT molecular complexity index is 787. The highest BCUT2D eigenvalue weighted by atomic mass is 16.5. The minimum Gasteiger partial charge on any atom is -0.385 e. The van der Waals surface area contributed by atoms with E-state index in [1.165, 1.54) is 5.69 Å². The number of anilines is 1. The second-order valence-corrected chi connectivity index (χ2v) is 6.80. The summed E-state index contributed by atoms with van der Waals surface area (Å²) in [6.07, 6.45) is 0.757. The highest BCUT2D eigenvalue weighted by Gasteiger charge is 2.22. The second kappa shape index (κ2) is 9.90. The first-order chi connectivity index (χ1) is 13.7. The lowest BCUT2D eigenvalue weighted by Gasteiger charge is -2.36. The zero-order valence-electron chi connectivity index (χ0n) is 16.3. The Morgan fingerprint density at radius 1 is 0.964 bits per heavy atom. The normalized spacial score (nSPS) is 14.0. The van der Waals surface area contributed by atoms with Crippen LogP contribution in [0.5, 0.6) is 0 Å². The predicted molar refractivity (Wildman–Crippen MR) is 110 cm³/mol. The monoisotopic (exact) mass is 381 g/mol. The molecule has 0 aromatic heterocycles. The van der Waals surface area contributed by atoms with Crippen molar-refractivity contribution < 1.29 is 14.3 Å². The van der Waals surface area contributed by atoms with E-state index in [9.17, 15) is 9.59 Å². The van der Waals surface area contributed by atoms with Gasteiger partial charge in [-0.05, 0) is 36.8 Å². The summed E-state index contributed by atoms with van der Waals surface area (Å²) in [5, 5.41) is 2.85. The third kappa shape index (κ3) is 5.10. The lowest BCUT2D eigenvalue weighted by Crippen LogP contribution is -2.48. The van der Waals surface area contributed by atoms with Gasteiger partial charge in [0, 0.05) is 63.3 Å². The van der Waals surface area contributed by atoms with Crippen LogP contribution in [0, 0.1) is 0 Å². The van der Waals surface area contributed by atoms with E-state index in [1.54, 1.807) is 31.4 Å². The summed E-state index contributed by atoms with van der Waals surface area (Å²) in [5.41, 5.74) is 2.24. The molecule has 1 heterocycles. The van der Waals surface area contributed by atoms with E-state index in [1.807, 2.05) is 23.1 Å². The summed E-state index contributed by atoms with van der Waals surface area (Å²) in [5.74, 6) is -0.193. The molecule has 0 bridgehead atoms. The maximum atomic E-state index is 12.9. The maximum Gasteiger partial charge on any atom is 0.253 e. The number of para-hydroxylation sites is 1. The van der Waals surface area contributed by atoms with Crippen molar-refractivity contribution in [3.05, 3.63) is 65.7 Å². The summed E-state index contributed by atoms with van der Waals surface area (Å²) in [7, 11) is 1.64. The molecule has 1 aliphatic heterocycles. The molecule has 0 atom stereocenters. The molecule has 0 saturated carbocycles. The van der Waals surface area contributed by atoms with E-state index < -0.39 is 0 Å². The number of carbonyl (C=O) groups is 2. The largest absolute Gasteiger partial charge is 0.385 e. The van der Waals surface area contributed by atoms with Crippen molar-refractivity contribution in [1.29, 1.82) is 0 Å². The van der Waals surface area contributed by atoms with Crippen molar-refractivity contribution in [3.8, 4) is 0 Å². The standard InChI is InChI=1S/C22H27N3O3/c1-28-16-6-11-23-21(26)18-7-5-8-19(17-18)22(27)25-14-12-24(13-15-25)20-9-3-2-4-10-20/h2-5,7-10,17H,6,11-16H2,1H3,(H,23,26). The molecular weight excluding hydrogens is 354 g/mol. The SMILES string of the molecule is COCCCNC(=O)c1cccc(C(=O)N2CCN(c3ccccc3)CC2)c1. The van der Waals surface area contributed by atoms with Gasteiger partial charge in [0.25, 0.3) is 11.8 Å². The van der Waals surface area contributed by atoms with Gasteiger partial charge in [0.05, 0.1) is 0 Å². The average Bonchev–Trinajstić information content (AvgIpc) is 2.77. The molecule has 28 heavy (non-hydrogen) atoms. The van der Waals surface area contributed by atoms with Crippen molar-refractivity contribution in [2.75, 3.05) is 51.3 Å². The van der Waals surface area contributed by atoms with Crippen LogP contribution in [0.3, 0.4) is 0 Å². The predicted octanol–water partition coefficient (Wildman–Crippen LogP) is 2.42. The highest BCUT2D eigenvalue weighted by molar-refractivity contribution is 5.99. The van der Waals surface area contributed by atoms with E-state index in [0.29, 0.717) is 37.4 Å². The lowest BCUT2D eigenvalue weighted by molar-refractivity contribution is 0.0747. The fraction of sp³-hybridized carbons (Fsp3) is 0.364. The zero-order valence-corrected chi connectivity index (χ0v) is 16.3. The molecule has 148 valence electrons. The molecule has 2 amide bonds. The number of rotatable bonds is 7. The Balaban J connectivity index is 1.57. The number of nitrogens with zero attached hydrogens (tertiary/aromatic N) is 2. The number of hydrogen-bond acceptors (Lipinski definition) is 4. The Morgan fingerprint density at radius 2 is 1.68 bits per heavy atom. The van der Waals surface area contributed by atoms with Gasteiger partial charge in [-0.25, -0.2) is 0 Å². The molecule has 3 rings (SSSR count). The highest BCUT2D eigenvalue weighted by Crippen LogP contribution is 2.17. The first-order valence-corrected chi connectivity index (χ1v) is 9.65. The van der Waals surface area contributed by atoms with E-state index in [0.717, 1.165) is 19.5 Å². The average molecular weight is 381 g/mol. The van der Waals surface area contributed by atoms with Crippen LogP contribution in [0.25, 0.3) is 0 Å². The molecule has 2 aromatic carbocycles. The van der Waals surface area contributed by atoms with Crippen LogP contribution in [0.2, 0.25) is 0 Å². The van der Waals surface area contributed by atoms with Crippen molar-refractivity contribution >= 4 is 17.5 Å². The van der Waals surface area contributed by atoms with Crippen LogP contribution in [-0.4, -0.2) is 63.2 Å². The fourth-order valence-electron chi connectivity index (χ4n) is 3.30. The smallest absolute Gasteiger partial charge is 0.253 e. The van der Waals surface area contributed by atoms with Gasteiger partial charge >= 0.3 is 0 Å². The number of nitrogens with one attached hydrogen (secondary N) is 1. The Hall–Kier alpha value is -2.86. The molecular formula is C22H27N3O3. The van der Waals surface area contributed by atoms with E-state index in [2.05, 4.69) is 22.3 Å². The second-order valence-electron chi connectivity index (χ2n) is 6.80. The van der Waals surface area contributed by atoms with Crippen LogP contribution in [-0.2, 0) is 4.74 Å². The van der Waals surface area contributed by atoms with Gasteiger partial charge in [0.1, 0.15) is 0 Å². The summed E-state index contributed by atoms with van der Waals surface area (Å²) >= 11 is 0. The third-order valence-electron chi connectivity index (χ3n) is 4.87. The van der Waals surface area contributed by atoms with Gasteiger partial charge in [-0.15, -0.1) is 0 Å². The van der Waals surface area contributed by atoms with Crippen LogP contribution in [0.4, 0.5) is 5.69 Å². The quantitative estimate of drug-likeness (QED) is 0.749. The topological polar surface area (TPSA) is 61.9 Å². The van der Waals surface area contributed by atoms with Gasteiger partial charge < -0.3 is 19.9 Å². The summed E-state index contributed by atoms with van der Waals surface area (Å²) in [6, 6.07) is 17.2. The maximum absolute atomic E-state index is 12.9. The minimum absolute atomic E-state index is 0.0262. The number of hydrogen-bond donors (Lipinski definition) is 1. The number of ether oxygens (including phenoxy) is 1. The van der Waals surface area contributed by atoms with Gasteiger partial charge in [-0.2, -0.15) is 0 Å². The van der Waals surface area contributed by atoms with Gasteiger partial charge in [-0.1, -0.05) is 24.3 Å². The van der Waals surface area contributed by atoms with Crippen LogP contribution >= 0.6 is 0 Å². The van der Waals surface area contributed by atoms with Crippen molar-refractivity contribution in [3.63, 3.8) is 0 Å². The lowest BCUT2D eigenvalue weighted by atomic mass is 10.1. The molecule has 0 spiro atoms. The summed E-state index contributed by atoms with van der Waals surface area (Å²) in [4.78, 5) is 29.3. The van der Waals surface area contributed by atoms with E-state index >= 15 is 0 Å². The number of piperazine rings is 1. The number of methoxy groups -OCH3 is 1. The number of amides is 2. The Kier molecular flexibility index (Phi) is 7.03. The molecule has 1 N–H and O–H groups in total. The molecule has 6 heteroatoms. The molecule has 1 fully saturated rings. The third-order valence-corrected chi connectivity index (χ3v) is 4.87. The van der Waals surface area contributed by atoms with Crippen molar-refractivity contribution in [2.45, 2.75) is 6.42 Å². The van der Waals surface area contributed by atoms with Crippen LogP contribution < -0.4 is 10.2 Å². The molecule has 1 saturated heterocycles. The Labute approximate surface area is 166 Å². The summed E-state index contributed by atoms with van der Waals surface area (Å²) in [6.45, 7) is 4.09. The molecule has 0 radical (unpaired) electrons. The van der Waals surface area contributed by atoms with Crippen LogP contribution in [0.15, 0.2) is 54.6 Å². The number of benzene rings is 2. The van der Waals surface area contributed by atoms with E-state index in [4.69, 9.17) is 4.74 Å². The van der Waals surface area contributed by atoms with Gasteiger partial charge in [-0.3, -0.25) is 9.59 Å². The first-order valence-electron chi connectivity index (χ1n) is 9.65. The van der Waals surface area contributed by atoms with E-state index in [-0.39, 0.29) is 11.8 Å². The van der Waals surface area contributed by atoms with Crippen molar-refractivity contribution in [1.82, 2.24) is 10.2 Å². The summed E-state index contributed by atoms with van der Waals surface area (Å²) < 4.78 is 4.98. The number of carbonyl (C=O) groups excluding carboxylic acids is 2. The fourth-order valence-corrected chi connectivity index (χ4v) is 3.30. The van der Waals surface area contributed by atoms with Gasteiger partial charge in [0.2, 0.25) is 0 Å².